The predicted octanol–water partition coefficient (Wildman–Crippen LogP) is 5.91. The molecule has 3 aromatic rings. The normalized spacial score (nSPS) is 14.4. The Labute approximate surface area is 208 Å². The quantitative estimate of drug-likeness (QED) is 0.293. The molecule has 0 atom stereocenters. The Morgan fingerprint density at radius 1 is 1.00 bits per heavy atom. The third kappa shape index (κ3) is 6.60. The summed E-state index contributed by atoms with van der Waals surface area (Å²) >= 11 is 0. The molecule has 0 spiro atoms. The molecule has 1 aliphatic rings. The van der Waals surface area contributed by atoms with E-state index in [1.165, 1.54) is 29.6 Å². The molecule has 1 aromatic heterocycles. The van der Waals surface area contributed by atoms with Crippen molar-refractivity contribution in [2.24, 2.45) is 0 Å². The van der Waals surface area contributed by atoms with Crippen LogP contribution in [0.3, 0.4) is 0 Å². The Hall–Kier alpha value is -3.46. The van der Waals surface area contributed by atoms with Gasteiger partial charge in [0.05, 0.1) is 5.56 Å². The minimum absolute atomic E-state index is 0.110. The van der Waals surface area contributed by atoms with E-state index in [9.17, 15) is 13.2 Å². The van der Waals surface area contributed by atoms with E-state index in [0.29, 0.717) is 18.7 Å². The Bertz CT molecular complexity index is 1160. The topological polar surface area (TPSA) is 44.3 Å². The number of rotatable bonds is 9. The third-order valence-corrected chi connectivity index (χ3v) is 6.23. The van der Waals surface area contributed by atoms with E-state index >= 15 is 4.39 Å². The van der Waals surface area contributed by atoms with Crippen molar-refractivity contribution in [1.29, 1.82) is 0 Å². The summed E-state index contributed by atoms with van der Waals surface area (Å²) in [5.41, 5.74) is 2.38. The molecule has 0 fully saturated rings. The van der Waals surface area contributed by atoms with Gasteiger partial charge in [0.15, 0.2) is 11.6 Å². The van der Waals surface area contributed by atoms with Crippen LogP contribution in [-0.4, -0.2) is 41.0 Å². The van der Waals surface area contributed by atoms with Crippen LogP contribution in [0.25, 0.3) is 0 Å². The maximum Gasteiger partial charge on any atom is 0.416 e. The fourth-order valence-electron chi connectivity index (χ4n) is 4.16. The highest BCUT2D eigenvalue weighted by molar-refractivity contribution is 5.51. The molecule has 0 saturated heterocycles. The molecule has 2 aromatic carbocycles. The van der Waals surface area contributed by atoms with E-state index in [2.05, 4.69) is 38.4 Å². The highest BCUT2D eigenvalue weighted by Crippen LogP contribution is 2.30. The number of nitrogens with zero attached hydrogens (tertiary/aromatic N) is 4. The fraction of sp³-hybridized carbons (Fsp3) is 0.333. The van der Waals surface area contributed by atoms with Gasteiger partial charge in [0, 0.05) is 39.3 Å². The second kappa shape index (κ2) is 11.5. The van der Waals surface area contributed by atoms with Crippen LogP contribution in [0.1, 0.15) is 30.0 Å². The number of aromatic nitrogens is 2. The van der Waals surface area contributed by atoms with E-state index in [1.54, 1.807) is 4.90 Å². The van der Waals surface area contributed by atoms with Crippen LogP contribution >= 0.6 is 0 Å². The van der Waals surface area contributed by atoms with Crippen LogP contribution in [-0.2, 0) is 19.3 Å². The lowest BCUT2D eigenvalue weighted by Crippen LogP contribution is -2.29. The van der Waals surface area contributed by atoms with E-state index in [0.717, 1.165) is 38.2 Å². The van der Waals surface area contributed by atoms with Crippen molar-refractivity contribution in [3.05, 3.63) is 95.1 Å². The van der Waals surface area contributed by atoms with Crippen LogP contribution in [0.4, 0.5) is 29.2 Å². The van der Waals surface area contributed by atoms with Crippen molar-refractivity contribution in [1.82, 2.24) is 14.9 Å². The summed E-state index contributed by atoms with van der Waals surface area (Å²) in [6, 6.07) is 15.2. The summed E-state index contributed by atoms with van der Waals surface area (Å²) < 4.78 is 53.8. The summed E-state index contributed by atoms with van der Waals surface area (Å²) in [5.74, 6) is -0.353. The second-order valence-electron chi connectivity index (χ2n) is 8.76. The van der Waals surface area contributed by atoms with Crippen LogP contribution in [0, 0.1) is 5.82 Å². The van der Waals surface area contributed by atoms with E-state index < -0.39 is 17.6 Å². The number of anilines is 2. The molecule has 0 amide bonds. The first-order valence-corrected chi connectivity index (χ1v) is 11.9. The maximum absolute atomic E-state index is 15.3. The molecule has 0 bridgehead atoms. The van der Waals surface area contributed by atoms with Gasteiger partial charge in [-0.3, -0.25) is 4.90 Å². The van der Waals surface area contributed by atoms with Gasteiger partial charge in [-0.05, 0) is 36.6 Å². The first-order chi connectivity index (χ1) is 17.3. The standard InChI is InChI=1S/C27H29F4N5/c1-2-36(18-22-8-10-23(11-9-22)27(29,30)31)26-24(28)25(33-19-34-26)32-16-20-12-14-35(15-13-20)17-21-6-4-3-5-7-21/h3-12,19H,2,13-18H2,1H3,(H,32,33,34). The van der Waals surface area contributed by atoms with Gasteiger partial charge in [0.25, 0.3) is 0 Å². The molecular formula is C27H29F4N5. The Kier molecular flexibility index (Phi) is 8.20. The minimum Gasteiger partial charge on any atom is -0.364 e. The fourth-order valence-corrected chi connectivity index (χ4v) is 4.16. The monoisotopic (exact) mass is 499 g/mol. The molecule has 0 saturated carbocycles. The van der Waals surface area contributed by atoms with Gasteiger partial charge in [-0.15, -0.1) is 0 Å². The van der Waals surface area contributed by atoms with E-state index in [-0.39, 0.29) is 18.2 Å². The lowest BCUT2D eigenvalue weighted by Gasteiger charge is -2.27. The molecule has 36 heavy (non-hydrogen) atoms. The van der Waals surface area contributed by atoms with Gasteiger partial charge < -0.3 is 10.2 Å². The summed E-state index contributed by atoms with van der Waals surface area (Å²) in [5, 5.41) is 3.09. The van der Waals surface area contributed by atoms with Gasteiger partial charge in [0.1, 0.15) is 6.33 Å². The first kappa shape index (κ1) is 25.6. The molecule has 190 valence electrons. The largest absolute Gasteiger partial charge is 0.416 e. The highest BCUT2D eigenvalue weighted by Gasteiger charge is 2.30. The zero-order chi connectivity index (χ0) is 25.5. The van der Waals surface area contributed by atoms with Crippen molar-refractivity contribution in [3.63, 3.8) is 0 Å². The van der Waals surface area contributed by atoms with E-state index in [1.807, 2.05) is 25.1 Å². The molecule has 0 aliphatic carbocycles. The molecule has 9 heteroatoms. The molecule has 5 nitrogen and oxygen atoms in total. The number of halogens is 4. The minimum atomic E-state index is -4.39. The van der Waals surface area contributed by atoms with Crippen molar-refractivity contribution >= 4 is 11.6 Å². The van der Waals surface area contributed by atoms with E-state index in [4.69, 9.17) is 0 Å². The summed E-state index contributed by atoms with van der Waals surface area (Å²) in [4.78, 5) is 12.2. The summed E-state index contributed by atoms with van der Waals surface area (Å²) in [7, 11) is 0. The zero-order valence-electron chi connectivity index (χ0n) is 20.1. The third-order valence-electron chi connectivity index (χ3n) is 6.23. The second-order valence-corrected chi connectivity index (χ2v) is 8.76. The van der Waals surface area contributed by atoms with Gasteiger partial charge >= 0.3 is 6.18 Å². The Morgan fingerprint density at radius 2 is 1.75 bits per heavy atom. The molecule has 0 radical (unpaired) electrons. The lowest BCUT2D eigenvalue weighted by molar-refractivity contribution is -0.137. The van der Waals surface area contributed by atoms with Crippen LogP contribution < -0.4 is 10.2 Å². The molecule has 4 rings (SSSR count). The van der Waals surface area contributed by atoms with Gasteiger partial charge in [0.2, 0.25) is 5.82 Å². The number of nitrogens with one attached hydrogen (secondary N) is 1. The molecule has 0 unspecified atom stereocenters. The van der Waals surface area contributed by atoms with Crippen LogP contribution in [0.15, 0.2) is 72.6 Å². The number of benzene rings is 2. The zero-order valence-corrected chi connectivity index (χ0v) is 20.1. The first-order valence-electron chi connectivity index (χ1n) is 11.9. The van der Waals surface area contributed by atoms with Crippen molar-refractivity contribution < 1.29 is 17.6 Å². The molecule has 2 heterocycles. The molecule has 1 aliphatic heterocycles. The smallest absolute Gasteiger partial charge is 0.364 e. The molecule has 1 N–H and O–H groups in total. The van der Waals surface area contributed by atoms with Crippen molar-refractivity contribution in [2.75, 3.05) is 36.4 Å². The summed E-state index contributed by atoms with van der Waals surface area (Å²) in [6.45, 7) is 5.64. The van der Waals surface area contributed by atoms with Gasteiger partial charge in [-0.25, -0.2) is 9.97 Å². The average Bonchev–Trinajstić information content (AvgIpc) is 2.88. The number of hydrogen-bond acceptors (Lipinski definition) is 5. The SMILES string of the molecule is CCN(Cc1ccc(C(F)(F)F)cc1)c1ncnc(NCC2=CCN(Cc3ccccc3)CC2)c1F. The molecular weight excluding hydrogens is 470 g/mol. The van der Waals surface area contributed by atoms with Crippen LogP contribution in [0.2, 0.25) is 0 Å². The number of alkyl halides is 3. The Morgan fingerprint density at radius 3 is 2.39 bits per heavy atom. The Balaban J connectivity index is 1.36. The lowest BCUT2D eigenvalue weighted by atomic mass is 10.1. The predicted molar refractivity (Wildman–Crippen MR) is 133 cm³/mol. The highest BCUT2D eigenvalue weighted by atomic mass is 19.4. The van der Waals surface area contributed by atoms with Crippen molar-refractivity contribution in [3.8, 4) is 0 Å². The van der Waals surface area contributed by atoms with Crippen molar-refractivity contribution in [2.45, 2.75) is 32.6 Å². The summed E-state index contributed by atoms with van der Waals surface area (Å²) in [6.07, 6.45) is -0.0416. The van der Waals surface area contributed by atoms with Gasteiger partial charge in [-0.1, -0.05) is 54.1 Å². The maximum atomic E-state index is 15.3. The number of hydrogen-bond donors (Lipinski definition) is 1. The van der Waals surface area contributed by atoms with Gasteiger partial charge in [-0.2, -0.15) is 17.6 Å². The van der Waals surface area contributed by atoms with Crippen LogP contribution in [0.5, 0.6) is 0 Å². The average molecular weight is 500 g/mol.